The third-order valence-electron chi connectivity index (χ3n) is 3.96. The number of nitrogens with zero attached hydrogens (tertiary/aromatic N) is 1. The van der Waals surface area contributed by atoms with Crippen molar-refractivity contribution >= 4 is 27.5 Å². The van der Waals surface area contributed by atoms with E-state index in [0.29, 0.717) is 10.2 Å². The summed E-state index contributed by atoms with van der Waals surface area (Å²) in [6, 6.07) is 3.10. The molecule has 12 heteroatoms. The normalized spacial score (nSPS) is 13.6. The molecule has 29 heavy (non-hydrogen) atoms. The van der Waals surface area contributed by atoms with Gasteiger partial charge in [0.05, 0.1) is 5.39 Å². The molecule has 154 valence electrons. The van der Waals surface area contributed by atoms with E-state index in [-0.39, 0.29) is 16.9 Å². The molecule has 0 radical (unpaired) electrons. The van der Waals surface area contributed by atoms with Crippen LogP contribution < -0.4 is 10.9 Å². The highest BCUT2D eigenvalue weighted by Gasteiger charge is 2.38. The van der Waals surface area contributed by atoms with Crippen molar-refractivity contribution in [3.63, 3.8) is 0 Å². The second-order valence-corrected chi connectivity index (χ2v) is 7.07. The van der Waals surface area contributed by atoms with E-state index >= 15 is 0 Å². The van der Waals surface area contributed by atoms with Crippen LogP contribution in [-0.2, 0) is 17.8 Å². The quantitative estimate of drug-likeness (QED) is 0.513. The van der Waals surface area contributed by atoms with E-state index in [0.717, 1.165) is 48.2 Å². The van der Waals surface area contributed by atoms with E-state index in [4.69, 9.17) is 9.90 Å². The van der Waals surface area contributed by atoms with Crippen LogP contribution in [0.3, 0.4) is 0 Å². The molecule has 0 saturated heterocycles. The number of hydrogen-bond acceptors (Lipinski definition) is 5. The van der Waals surface area contributed by atoms with E-state index in [2.05, 4.69) is 15.3 Å². The molecule has 6 nitrogen and oxygen atoms in total. The first-order chi connectivity index (χ1) is 13.6. The summed E-state index contributed by atoms with van der Waals surface area (Å²) in [7, 11) is 0. The molecule has 1 aromatic carbocycles. The van der Waals surface area contributed by atoms with Crippen molar-refractivity contribution < 1.29 is 31.9 Å². The zero-order valence-electron chi connectivity index (χ0n) is 14.4. The number of aliphatic carboxylic acids is 1. The number of alkyl halides is 3. The van der Waals surface area contributed by atoms with Crippen molar-refractivity contribution in [1.82, 2.24) is 15.3 Å². The lowest BCUT2D eigenvalue weighted by atomic mass is 10.1. The highest BCUT2D eigenvalue weighted by atomic mass is 32.1. The molecule has 0 atom stereocenters. The molecule has 0 aliphatic carbocycles. The number of aromatic amines is 1. The third kappa shape index (κ3) is 4.59. The third-order valence-corrected chi connectivity index (χ3v) is 5.09. The number of carboxylic acid groups (broad SMARTS) is 1. The first-order valence-corrected chi connectivity index (χ1v) is 8.89. The topological polar surface area (TPSA) is 95.1 Å². The molecule has 2 aromatic heterocycles. The molecule has 0 amide bonds. The Labute approximate surface area is 163 Å². The van der Waals surface area contributed by atoms with Gasteiger partial charge in [0, 0.05) is 23.1 Å². The lowest BCUT2D eigenvalue weighted by Gasteiger charge is -2.11. The molecule has 3 heterocycles. The number of benzene rings is 1. The van der Waals surface area contributed by atoms with E-state index in [9.17, 15) is 26.7 Å². The van der Waals surface area contributed by atoms with E-state index in [1.807, 2.05) is 0 Å². The van der Waals surface area contributed by atoms with Crippen molar-refractivity contribution in [2.24, 2.45) is 0 Å². The minimum Gasteiger partial charge on any atom is -0.475 e. The van der Waals surface area contributed by atoms with Gasteiger partial charge < -0.3 is 15.4 Å². The fourth-order valence-electron chi connectivity index (χ4n) is 2.76. The van der Waals surface area contributed by atoms with Gasteiger partial charge in [-0.1, -0.05) is 0 Å². The number of hydrogen-bond donors (Lipinski definition) is 3. The molecule has 4 rings (SSSR count). The average molecular weight is 433 g/mol. The smallest absolute Gasteiger partial charge is 0.475 e. The van der Waals surface area contributed by atoms with Gasteiger partial charge >= 0.3 is 12.1 Å². The van der Waals surface area contributed by atoms with Gasteiger partial charge in [0.15, 0.2) is 0 Å². The molecule has 1 aliphatic heterocycles. The van der Waals surface area contributed by atoms with Crippen molar-refractivity contribution in [3.05, 3.63) is 50.6 Å². The summed E-state index contributed by atoms with van der Waals surface area (Å²) < 4.78 is 58.4. The lowest BCUT2D eigenvalue weighted by molar-refractivity contribution is -0.192. The van der Waals surface area contributed by atoms with Crippen molar-refractivity contribution in [1.29, 1.82) is 0 Å². The Morgan fingerprint density at radius 1 is 1.17 bits per heavy atom. The number of carboxylic acids is 1. The number of carbonyl (C=O) groups is 1. The van der Waals surface area contributed by atoms with Crippen LogP contribution in [0.15, 0.2) is 23.0 Å². The van der Waals surface area contributed by atoms with Crippen molar-refractivity contribution in [2.75, 3.05) is 6.54 Å². The van der Waals surface area contributed by atoms with Crippen molar-refractivity contribution in [3.8, 4) is 11.4 Å². The van der Waals surface area contributed by atoms with Crippen LogP contribution in [0.1, 0.15) is 10.4 Å². The molecule has 0 unspecified atom stereocenters. The van der Waals surface area contributed by atoms with Crippen LogP contribution in [0, 0.1) is 11.6 Å². The summed E-state index contributed by atoms with van der Waals surface area (Å²) in [6.07, 6.45) is -4.30. The molecule has 3 aromatic rings. The number of nitrogens with one attached hydrogen (secondary N) is 2. The highest BCUT2D eigenvalue weighted by Crippen LogP contribution is 2.31. The molecule has 1 aliphatic rings. The maximum Gasteiger partial charge on any atom is 0.490 e. The molecule has 0 bridgehead atoms. The van der Waals surface area contributed by atoms with Crippen molar-refractivity contribution in [2.45, 2.75) is 19.1 Å². The molecular weight excluding hydrogens is 421 g/mol. The van der Waals surface area contributed by atoms with Gasteiger partial charge in [0.1, 0.15) is 22.3 Å². The van der Waals surface area contributed by atoms with Gasteiger partial charge in [0.25, 0.3) is 5.56 Å². The van der Waals surface area contributed by atoms with Gasteiger partial charge in [-0.15, -0.1) is 11.3 Å². The van der Waals surface area contributed by atoms with Gasteiger partial charge in [0.2, 0.25) is 0 Å². The predicted octanol–water partition coefficient (Wildman–Crippen LogP) is 3.21. The standard InChI is InChI=1S/C15H11F2N3OS.C2HF3O2/c16-8-3-7(4-9(17)5-8)13-19-14(21)12-10-1-2-18-6-11(10)22-15(12)20-13;3-2(4,5)1(6)7/h3-5,18H,1-2,6H2,(H,19,20,21);(H,6,7). The number of H-pyrrole nitrogens is 1. The minimum atomic E-state index is -5.08. The van der Waals surface area contributed by atoms with Crippen LogP contribution in [0.2, 0.25) is 0 Å². The monoisotopic (exact) mass is 433 g/mol. The summed E-state index contributed by atoms with van der Waals surface area (Å²) in [6.45, 7) is 1.55. The Morgan fingerprint density at radius 2 is 1.79 bits per heavy atom. The van der Waals surface area contributed by atoms with E-state index in [1.54, 1.807) is 0 Å². The SMILES string of the molecule is O=C(O)C(F)(F)F.O=c1[nH]c(-c2cc(F)cc(F)c2)nc2sc3c(c12)CCNC3. The van der Waals surface area contributed by atoms with E-state index in [1.165, 1.54) is 11.3 Å². The van der Waals surface area contributed by atoms with Crippen LogP contribution >= 0.6 is 11.3 Å². The van der Waals surface area contributed by atoms with Crippen LogP contribution in [0.5, 0.6) is 0 Å². The summed E-state index contributed by atoms with van der Waals surface area (Å²) >= 11 is 1.45. The average Bonchev–Trinajstić information content (AvgIpc) is 2.99. The van der Waals surface area contributed by atoms with Crippen LogP contribution in [-0.4, -0.2) is 33.8 Å². The summed E-state index contributed by atoms with van der Waals surface area (Å²) in [5.41, 5.74) is 0.995. The summed E-state index contributed by atoms with van der Waals surface area (Å²) in [5, 5.41) is 11.0. The Bertz CT molecular complexity index is 1120. The van der Waals surface area contributed by atoms with Gasteiger partial charge in [-0.2, -0.15) is 13.2 Å². The van der Waals surface area contributed by atoms with E-state index < -0.39 is 23.8 Å². The molecule has 0 fully saturated rings. The van der Waals surface area contributed by atoms with Crippen LogP contribution in [0.25, 0.3) is 21.6 Å². The molecule has 0 spiro atoms. The molecule has 3 N–H and O–H groups in total. The maximum atomic E-state index is 13.3. The first-order valence-electron chi connectivity index (χ1n) is 8.08. The number of aromatic nitrogens is 2. The number of halogens is 5. The zero-order valence-corrected chi connectivity index (χ0v) is 15.2. The highest BCUT2D eigenvalue weighted by molar-refractivity contribution is 7.18. The Morgan fingerprint density at radius 3 is 2.38 bits per heavy atom. The Hall–Kier alpha value is -2.86. The minimum absolute atomic E-state index is 0.183. The van der Waals surface area contributed by atoms with Gasteiger partial charge in [-0.25, -0.2) is 18.6 Å². The fourth-order valence-corrected chi connectivity index (χ4v) is 3.95. The Kier molecular flexibility index (Phi) is 5.66. The summed E-state index contributed by atoms with van der Waals surface area (Å²) in [5.74, 6) is -3.98. The summed E-state index contributed by atoms with van der Waals surface area (Å²) in [4.78, 5) is 30.0. The van der Waals surface area contributed by atoms with Crippen LogP contribution in [0.4, 0.5) is 22.0 Å². The predicted molar refractivity (Wildman–Crippen MR) is 94.7 cm³/mol. The second kappa shape index (κ2) is 7.87. The largest absolute Gasteiger partial charge is 0.490 e. The second-order valence-electron chi connectivity index (χ2n) is 5.99. The van der Waals surface area contributed by atoms with Gasteiger partial charge in [-0.3, -0.25) is 4.79 Å². The Balaban J connectivity index is 0.000000298. The maximum absolute atomic E-state index is 13.3. The first kappa shape index (κ1) is 20.9. The number of thiophene rings is 1. The number of fused-ring (bicyclic) bond motifs is 3. The molecular formula is C17H12F5N3O3S. The number of rotatable bonds is 1. The molecule has 0 saturated carbocycles. The zero-order chi connectivity index (χ0) is 21.3. The van der Waals surface area contributed by atoms with Gasteiger partial charge in [-0.05, 0) is 30.7 Å². The lowest BCUT2D eigenvalue weighted by Crippen LogP contribution is -2.23. The fraction of sp³-hybridized carbons (Fsp3) is 0.235.